The molecule has 8 nitrogen and oxygen atoms in total. The Morgan fingerprint density at radius 1 is 1.00 bits per heavy atom. The Morgan fingerprint density at radius 2 is 1.71 bits per heavy atom. The number of carbonyl (C=O) groups is 1. The number of rotatable bonds is 6. The van der Waals surface area contributed by atoms with E-state index in [1.54, 1.807) is 4.68 Å². The number of nitrogens with one attached hydrogen (secondary N) is 1. The van der Waals surface area contributed by atoms with Crippen LogP contribution in [0.3, 0.4) is 0 Å². The normalized spacial score (nSPS) is 18.3. The van der Waals surface area contributed by atoms with E-state index in [-0.39, 0.29) is 18.1 Å². The van der Waals surface area contributed by atoms with Gasteiger partial charge in [-0.25, -0.2) is 4.79 Å². The van der Waals surface area contributed by atoms with Crippen LogP contribution in [0.4, 0.5) is 4.79 Å². The zero-order valence-electron chi connectivity index (χ0n) is 22.0. The number of carbonyl (C=O) groups excluding carboxylic acids is 1. The maximum absolute atomic E-state index is 13.6. The molecule has 0 unspecified atom stereocenters. The van der Waals surface area contributed by atoms with Crippen molar-refractivity contribution in [2.24, 2.45) is 13.0 Å². The van der Waals surface area contributed by atoms with Gasteiger partial charge in [-0.15, -0.1) is 0 Å². The van der Waals surface area contributed by atoms with Crippen molar-refractivity contribution in [2.75, 3.05) is 19.7 Å². The molecule has 8 heteroatoms. The third-order valence-corrected chi connectivity index (χ3v) is 7.79. The van der Waals surface area contributed by atoms with Gasteiger partial charge in [-0.3, -0.25) is 9.58 Å². The third kappa shape index (κ3) is 4.45. The molecular weight excluding hydrogens is 476 g/mol. The van der Waals surface area contributed by atoms with Crippen LogP contribution in [-0.2, 0) is 18.3 Å². The first kappa shape index (κ1) is 24.3. The van der Waals surface area contributed by atoms with Gasteiger partial charge in [-0.2, -0.15) is 15.3 Å². The molecule has 2 atom stereocenters. The Kier molecular flexibility index (Phi) is 6.41. The summed E-state index contributed by atoms with van der Waals surface area (Å²) < 4.78 is 7.82. The van der Waals surface area contributed by atoms with Crippen LogP contribution < -0.4 is 5.32 Å². The molecule has 1 N–H and O–H groups in total. The summed E-state index contributed by atoms with van der Waals surface area (Å²) in [5.41, 5.74) is 8.19. The Bertz CT molecular complexity index is 1420. The molecule has 1 aliphatic carbocycles. The Hall–Kier alpha value is -4.04. The summed E-state index contributed by atoms with van der Waals surface area (Å²) >= 11 is 0. The first-order valence-corrected chi connectivity index (χ1v) is 13.1. The van der Waals surface area contributed by atoms with Gasteiger partial charge in [-0.05, 0) is 53.8 Å². The summed E-state index contributed by atoms with van der Waals surface area (Å²) in [6.45, 7) is 6.34. The van der Waals surface area contributed by atoms with Crippen molar-refractivity contribution in [3.05, 3.63) is 89.4 Å². The molecule has 2 aliphatic rings. The van der Waals surface area contributed by atoms with E-state index < -0.39 is 0 Å². The fraction of sp³-hybridized carbons (Fsp3) is 0.333. The highest BCUT2D eigenvalue weighted by Crippen LogP contribution is 2.44. The van der Waals surface area contributed by atoms with Gasteiger partial charge in [0, 0.05) is 31.3 Å². The minimum absolute atomic E-state index is 0.0210. The van der Waals surface area contributed by atoms with Gasteiger partial charge in [0.25, 0.3) is 0 Å². The lowest BCUT2D eigenvalue weighted by molar-refractivity contribution is 0.0758. The lowest BCUT2D eigenvalue weighted by Gasteiger charge is -2.30. The van der Waals surface area contributed by atoms with Crippen molar-refractivity contribution in [2.45, 2.75) is 32.4 Å². The van der Waals surface area contributed by atoms with Crippen LogP contribution in [0, 0.1) is 12.8 Å². The minimum Gasteiger partial charge on any atom is -0.448 e. The largest absolute Gasteiger partial charge is 0.448 e. The first-order valence-electron chi connectivity index (χ1n) is 13.1. The second-order valence-electron chi connectivity index (χ2n) is 10.3. The Morgan fingerprint density at radius 3 is 2.29 bits per heavy atom. The molecule has 6 rings (SSSR count). The van der Waals surface area contributed by atoms with Crippen molar-refractivity contribution >= 4 is 6.09 Å². The second-order valence-corrected chi connectivity index (χ2v) is 10.3. The monoisotopic (exact) mass is 508 g/mol. The van der Waals surface area contributed by atoms with Crippen molar-refractivity contribution < 1.29 is 9.53 Å². The molecule has 38 heavy (non-hydrogen) atoms. The summed E-state index contributed by atoms with van der Waals surface area (Å²) in [6, 6.07) is 20.7. The van der Waals surface area contributed by atoms with Gasteiger partial charge in [-0.1, -0.05) is 55.5 Å². The second kappa shape index (κ2) is 10.0. The highest BCUT2D eigenvalue weighted by atomic mass is 16.6. The minimum atomic E-state index is -0.318. The summed E-state index contributed by atoms with van der Waals surface area (Å²) in [4.78, 5) is 15.4. The molecule has 1 saturated heterocycles. The van der Waals surface area contributed by atoms with Crippen LogP contribution >= 0.6 is 0 Å². The highest BCUT2D eigenvalue weighted by molar-refractivity contribution is 5.79. The van der Waals surface area contributed by atoms with Crippen LogP contribution in [0.25, 0.3) is 22.4 Å². The van der Waals surface area contributed by atoms with Gasteiger partial charge in [0.2, 0.25) is 0 Å². The number of hydrogen-bond acceptors (Lipinski definition) is 6. The number of aromatic nitrogens is 4. The highest BCUT2D eigenvalue weighted by Gasteiger charge is 2.35. The quantitative estimate of drug-likeness (QED) is 0.412. The summed E-state index contributed by atoms with van der Waals surface area (Å²) in [5, 5.41) is 16.7. The maximum atomic E-state index is 13.6. The van der Waals surface area contributed by atoms with Gasteiger partial charge in [0.15, 0.2) is 0 Å². The number of aryl methyl sites for hydroxylation is 2. The summed E-state index contributed by atoms with van der Waals surface area (Å²) in [7, 11) is 1.89. The molecule has 1 fully saturated rings. The molecule has 0 radical (unpaired) electrons. The number of nitrogens with zero attached hydrogens (tertiary/aromatic N) is 5. The molecule has 0 bridgehead atoms. The van der Waals surface area contributed by atoms with E-state index in [4.69, 9.17) is 4.74 Å². The van der Waals surface area contributed by atoms with Crippen LogP contribution in [0.1, 0.15) is 35.4 Å². The average molecular weight is 509 g/mol. The van der Waals surface area contributed by atoms with E-state index in [2.05, 4.69) is 63.9 Å². The van der Waals surface area contributed by atoms with Gasteiger partial charge in [0.05, 0.1) is 29.7 Å². The van der Waals surface area contributed by atoms with Crippen LogP contribution in [-0.4, -0.2) is 56.7 Å². The predicted molar refractivity (Wildman–Crippen MR) is 145 cm³/mol. The lowest BCUT2D eigenvalue weighted by atomic mass is 9.98. The van der Waals surface area contributed by atoms with E-state index in [1.165, 1.54) is 22.3 Å². The average Bonchev–Trinajstić information content (AvgIpc) is 3.61. The Labute approximate surface area is 222 Å². The fourth-order valence-electron chi connectivity index (χ4n) is 5.82. The number of ether oxygens (including phenoxy) is 1. The molecule has 0 saturated carbocycles. The Balaban J connectivity index is 1.21. The topological polar surface area (TPSA) is 85.2 Å². The molecule has 194 valence electrons. The van der Waals surface area contributed by atoms with Crippen LogP contribution in [0.15, 0.2) is 66.9 Å². The van der Waals surface area contributed by atoms with Crippen LogP contribution in [0.2, 0.25) is 0 Å². The molecule has 3 heterocycles. The zero-order chi connectivity index (χ0) is 26.2. The van der Waals surface area contributed by atoms with Gasteiger partial charge in [0.1, 0.15) is 6.61 Å². The van der Waals surface area contributed by atoms with Crippen molar-refractivity contribution in [3.8, 4) is 22.4 Å². The fourth-order valence-corrected chi connectivity index (χ4v) is 5.82. The molecule has 4 aromatic rings. The molecule has 1 amide bonds. The van der Waals surface area contributed by atoms with E-state index in [1.807, 2.05) is 49.3 Å². The number of hydrogen-bond donors (Lipinski definition) is 1. The zero-order valence-corrected chi connectivity index (χ0v) is 22.0. The summed E-state index contributed by atoms with van der Waals surface area (Å²) in [5.74, 6) is 0.329. The first-order chi connectivity index (χ1) is 18.5. The molecule has 1 aliphatic heterocycles. The smallest absolute Gasteiger partial charge is 0.410 e. The van der Waals surface area contributed by atoms with Crippen LogP contribution in [0.5, 0.6) is 0 Å². The van der Waals surface area contributed by atoms with E-state index in [0.29, 0.717) is 19.1 Å². The number of amides is 1. The number of fused-ring (bicyclic) bond motifs is 3. The molecule has 0 spiro atoms. The van der Waals surface area contributed by atoms with Crippen molar-refractivity contribution in [1.82, 2.24) is 30.2 Å². The van der Waals surface area contributed by atoms with Gasteiger partial charge >= 0.3 is 6.09 Å². The van der Waals surface area contributed by atoms with E-state index >= 15 is 0 Å². The molecule has 2 aromatic carbocycles. The molecule has 2 aromatic heterocycles. The lowest BCUT2D eigenvalue weighted by Crippen LogP contribution is -2.44. The molecular formula is C30H32N6O2. The maximum Gasteiger partial charge on any atom is 0.410 e. The summed E-state index contributed by atoms with van der Waals surface area (Å²) in [6.07, 6.45) is 1.62. The predicted octanol–water partition coefficient (Wildman–Crippen LogP) is 4.54. The van der Waals surface area contributed by atoms with E-state index in [0.717, 1.165) is 35.7 Å². The number of benzene rings is 2. The van der Waals surface area contributed by atoms with Crippen molar-refractivity contribution in [1.29, 1.82) is 0 Å². The third-order valence-electron chi connectivity index (χ3n) is 7.79. The van der Waals surface area contributed by atoms with Gasteiger partial charge < -0.3 is 10.1 Å². The SMILES string of the molecule is Cc1nn(C)cc1-c1ccc(CN(C(=O)OCC2c3ccccc3-c3ccccc32)[C@H]2CNC[C@H]2C)nn1. The van der Waals surface area contributed by atoms with E-state index in [9.17, 15) is 4.79 Å². The van der Waals surface area contributed by atoms with Crippen molar-refractivity contribution in [3.63, 3.8) is 0 Å². The standard InChI is InChI=1S/C30H32N6O2/c1-19-14-31-15-29(19)36(16-21-12-13-28(33-32-21)26-17-35(3)34-20(26)2)30(37)38-18-27-24-10-6-4-8-22(24)23-9-5-7-11-25(23)27/h4-13,17,19,27,29,31H,14-16,18H2,1-3H3/t19-,29+/m1/s1.